The molecular formula is C15H24N2O. The largest absolute Gasteiger partial charge is 0.325 e. The first-order valence-electron chi connectivity index (χ1n) is 6.56. The molecular weight excluding hydrogens is 224 g/mol. The van der Waals surface area contributed by atoms with Gasteiger partial charge in [0.1, 0.15) is 0 Å². The molecule has 1 aromatic rings. The molecule has 0 saturated heterocycles. The van der Waals surface area contributed by atoms with Crippen molar-refractivity contribution >= 4 is 11.6 Å². The molecule has 0 spiro atoms. The fourth-order valence-electron chi connectivity index (χ4n) is 1.83. The van der Waals surface area contributed by atoms with Crippen molar-refractivity contribution in [2.24, 2.45) is 11.7 Å². The molecule has 1 aromatic carbocycles. The van der Waals surface area contributed by atoms with E-state index in [0.717, 1.165) is 5.69 Å². The lowest BCUT2D eigenvalue weighted by Gasteiger charge is -2.15. The number of anilines is 1. The van der Waals surface area contributed by atoms with Crippen LogP contribution in [-0.4, -0.2) is 11.9 Å². The van der Waals surface area contributed by atoms with Crippen molar-refractivity contribution in [3.8, 4) is 0 Å². The number of amides is 1. The summed E-state index contributed by atoms with van der Waals surface area (Å²) >= 11 is 0. The Labute approximate surface area is 110 Å². The summed E-state index contributed by atoms with van der Waals surface area (Å²) in [6.45, 7) is 8.38. The third-order valence-electron chi connectivity index (χ3n) is 2.88. The van der Waals surface area contributed by atoms with Crippen LogP contribution < -0.4 is 11.1 Å². The van der Waals surface area contributed by atoms with Gasteiger partial charge in [-0.15, -0.1) is 0 Å². The molecule has 0 radical (unpaired) electrons. The predicted molar refractivity (Wildman–Crippen MR) is 76.6 cm³/mol. The molecule has 0 aliphatic heterocycles. The first-order valence-corrected chi connectivity index (χ1v) is 6.56. The molecule has 100 valence electrons. The highest BCUT2D eigenvalue weighted by atomic mass is 16.2. The van der Waals surface area contributed by atoms with Crippen LogP contribution in [0.25, 0.3) is 0 Å². The van der Waals surface area contributed by atoms with Gasteiger partial charge in [0.2, 0.25) is 5.91 Å². The number of hydrogen-bond donors (Lipinski definition) is 2. The summed E-state index contributed by atoms with van der Waals surface area (Å²) in [4.78, 5) is 11.9. The molecule has 0 aromatic heterocycles. The second-order valence-electron chi connectivity index (χ2n) is 5.51. The zero-order chi connectivity index (χ0) is 13.7. The Balaban J connectivity index is 2.67. The summed E-state index contributed by atoms with van der Waals surface area (Å²) in [5.74, 6) is 0.767. The number of nitrogens with two attached hydrogens (primary N) is 1. The monoisotopic (exact) mass is 248 g/mol. The number of nitrogens with one attached hydrogen (secondary N) is 1. The van der Waals surface area contributed by atoms with Gasteiger partial charge in [0.25, 0.3) is 0 Å². The lowest BCUT2D eigenvalue weighted by molar-refractivity contribution is -0.117. The molecule has 3 nitrogen and oxygen atoms in total. The van der Waals surface area contributed by atoms with Gasteiger partial charge in [-0.3, -0.25) is 4.79 Å². The molecule has 18 heavy (non-hydrogen) atoms. The van der Waals surface area contributed by atoms with Gasteiger partial charge in [-0.05, 0) is 36.0 Å². The van der Waals surface area contributed by atoms with Crippen LogP contribution in [-0.2, 0) is 4.79 Å². The van der Waals surface area contributed by atoms with Crippen molar-refractivity contribution < 1.29 is 4.79 Å². The van der Waals surface area contributed by atoms with Gasteiger partial charge >= 0.3 is 0 Å². The molecule has 0 aliphatic rings. The number of rotatable bonds is 5. The molecule has 1 rings (SSSR count). The van der Waals surface area contributed by atoms with E-state index in [4.69, 9.17) is 5.73 Å². The number of carbonyl (C=O) groups excluding carboxylic acids is 1. The highest BCUT2D eigenvalue weighted by Gasteiger charge is 2.15. The third kappa shape index (κ3) is 4.49. The van der Waals surface area contributed by atoms with Crippen LogP contribution in [0.2, 0.25) is 0 Å². The van der Waals surface area contributed by atoms with Crippen molar-refractivity contribution in [3.05, 3.63) is 29.8 Å². The average Bonchev–Trinajstić information content (AvgIpc) is 2.28. The van der Waals surface area contributed by atoms with E-state index in [1.54, 1.807) is 0 Å². The zero-order valence-corrected chi connectivity index (χ0v) is 11.7. The molecule has 0 fully saturated rings. The van der Waals surface area contributed by atoms with Gasteiger partial charge in [0.15, 0.2) is 0 Å². The second kappa shape index (κ2) is 6.55. The predicted octanol–water partition coefficient (Wildman–Crippen LogP) is 3.12. The van der Waals surface area contributed by atoms with Crippen LogP contribution in [0.15, 0.2) is 24.3 Å². The van der Waals surface area contributed by atoms with Crippen molar-refractivity contribution in [3.63, 3.8) is 0 Å². The van der Waals surface area contributed by atoms with Crippen LogP contribution in [0.4, 0.5) is 5.69 Å². The minimum atomic E-state index is -0.437. The van der Waals surface area contributed by atoms with Gasteiger partial charge in [0.05, 0.1) is 6.04 Å². The van der Waals surface area contributed by atoms with Gasteiger partial charge in [0, 0.05) is 5.69 Å². The Bertz CT molecular complexity index is 399. The second-order valence-corrected chi connectivity index (χ2v) is 5.51. The number of carbonyl (C=O) groups is 1. The lowest BCUT2D eigenvalue weighted by atomic mass is 10.0. The maximum absolute atomic E-state index is 11.9. The van der Waals surface area contributed by atoms with Crippen LogP contribution in [0.3, 0.4) is 0 Å². The van der Waals surface area contributed by atoms with E-state index in [1.807, 2.05) is 18.2 Å². The van der Waals surface area contributed by atoms with Gasteiger partial charge in [-0.2, -0.15) is 0 Å². The Kier molecular flexibility index (Phi) is 5.35. The van der Waals surface area contributed by atoms with E-state index in [-0.39, 0.29) is 5.91 Å². The SMILES string of the molecule is CC(C)C[C@H](N)C(=O)Nc1cccc(C(C)C)c1. The van der Waals surface area contributed by atoms with Gasteiger partial charge < -0.3 is 11.1 Å². The van der Waals surface area contributed by atoms with Crippen molar-refractivity contribution in [2.75, 3.05) is 5.32 Å². The van der Waals surface area contributed by atoms with E-state index in [1.165, 1.54) is 5.56 Å². The minimum Gasteiger partial charge on any atom is -0.325 e. The molecule has 0 bridgehead atoms. The Morgan fingerprint density at radius 2 is 1.94 bits per heavy atom. The first-order chi connectivity index (χ1) is 8.40. The fraction of sp³-hybridized carbons (Fsp3) is 0.533. The Morgan fingerprint density at radius 3 is 2.50 bits per heavy atom. The standard InChI is InChI=1S/C15H24N2O/c1-10(2)8-14(16)15(18)17-13-7-5-6-12(9-13)11(3)4/h5-7,9-11,14H,8,16H2,1-4H3,(H,17,18)/t14-/m0/s1. The van der Waals surface area contributed by atoms with Gasteiger partial charge in [-0.1, -0.05) is 39.8 Å². The summed E-state index contributed by atoms with van der Waals surface area (Å²) in [6, 6.07) is 7.48. The fourth-order valence-corrected chi connectivity index (χ4v) is 1.83. The molecule has 1 amide bonds. The summed E-state index contributed by atoms with van der Waals surface area (Å²) in [6.07, 6.45) is 0.704. The summed E-state index contributed by atoms with van der Waals surface area (Å²) in [5.41, 5.74) is 7.89. The van der Waals surface area contributed by atoms with Crippen LogP contribution in [0.5, 0.6) is 0 Å². The summed E-state index contributed by atoms with van der Waals surface area (Å²) < 4.78 is 0. The molecule has 3 heteroatoms. The molecule has 1 atom stereocenters. The van der Waals surface area contributed by atoms with E-state index in [2.05, 4.69) is 39.1 Å². The molecule has 3 N–H and O–H groups in total. The summed E-state index contributed by atoms with van der Waals surface area (Å²) in [5, 5.41) is 2.88. The average molecular weight is 248 g/mol. The Morgan fingerprint density at radius 1 is 1.28 bits per heavy atom. The highest BCUT2D eigenvalue weighted by molar-refractivity contribution is 5.94. The Hall–Kier alpha value is -1.35. The van der Waals surface area contributed by atoms with Gasteiger partial charge in [-0.25, -0.2) is 0 Å². The van der Waals surface area contributed by atoms with Crippen LogP contribution in [0, 0.1) is 5.92 Å². The maximum Gasteiger partial charge on any atom is 0.241 e. The van der Waals surface area contributed by atoms with Crippen molar-refractivity contribution in [2.45, 2.75) is 46.1 Å². The lowest BCUT2D eigenvalue weighted by Crippen LogP contribution is -2.36. The van der Waals surface area contributed by atoms with Crippen LogP contribution in [0.1, 0.15) is 45.6 Å². The van der Waals surface area contributed by atoms with E-state index >= 15 is 0 Å². The minimum absolute atomic E-state index is 0.107. The van der Waals surface area contributed by atoms with E-state index in [0.29, 0.717) is 18.3 Å². The quantitative estimate of drug-likeness (QED) is 0.841. The normalized spacial score (nSPS) is 12.8. The number of benzene rings is 1. The third-order valence-corrected chi connectivity index (χ3v) is 2.88. The van der Waals surface area contributed by atoms with E-state index in [9.17, 15) is 4.79 Å². The highest BCUT2D eigenvalue weighted by Crippen LogP contribution is 2.18. The zero-order valence-electron chi connectivity index (χ0n) is 11.7. The van der Waals surface area contributed by atoms with Crippen molar-refractivity contribution in [1.29, 1.82) is 0 Å². The molecule has 0 unspecified atom stereocenters. The molecule has 0 aliphatic carbocycles. The first kappa shape index (κ1) is 14.7. The number of hydrogen-bond acceptors (Lipinski definition) is 2. The molecule has 0 heterocycles. The van der Waals surface area contributed by atoms with Crippen molar-refractivity contribution in [1.82, 2.24) is 0 Å². The smallest absolute Gasteiger partial charge is 0.241 e. The molecule has 0 saturated carbocycles. The topological polar surface area (TPSA) is 55.1 Å². The maximum atomic E-state index is 11.9. The van der Waals surface area contributed by atoms with E-state index < -0.39 is 6.04 Å². The van der Waals surface area contributed by atoms with Crippen LogP contribution >= 0.6 is 0 Å². The summed E-state index contributed by atoms with van der Waals surface area (Å²) in [7, 11) is 0.